The molecule has 6 nitrogen and oxygen atoms in total. The molecule has 2 aliphatic rings. The minimum Gasteiger partial charge on any atom is -0.290 e. The molecule has 0 saturated heterocycles. The molecule has 0 amide bonds. The first-order valence-corrected chi connectivity index (χ1v) is 14.4. The van der Waals surface area contributed by atoms with E-state index >= 15 is 0 Å². The van der Waals surface area contributed by atoms with Gasteiger partial charge in [-0.3, -0.25) is 4.79 Å². The lowest BCUT2D eigenvalue weighted by Gasteiger charge is -2.43. The number of aromatic nitrogens is 3. The number of sulfone groups is 1. The van der Waals surface area contributed by atoms with Gasteiger partial charge in [-0.1, -0.05) is 5.57 Å². The van der Waals surface area contributed by atoms with Crippen LogP contribution in [0.25, 0.3) is 11.8 Å². The third-order valence-corrected chi connectivity index (χ3v) is 10.4. The number of ketones is 1. The van der Waals surface area contributed by atoms with E-state index in [1.165, 1.54) is 18.3 Å². The molecule has 1 saturated carbocycles. The zero-order valence-corrected chi connectivity index (χ0v) is 21.7. The Balaban J connectivity index is 1.44. The zero-order chi connectivity index (χ0) is 27.5. The summed E-state index contributed by atoms with van der Waals surface area (Å²) in [6, 6.07) is 6.72. The van der Waals surface area contributed by atoms with E-state index in [0.29, 0.717) is 34.7 Å². The van der Waals surface area contributed by atoms with Crippen LogP contribution >= 0.6 is 11.3 Å². The first-order valence-electron chi connectivity index (χ1n) is 12.0. The molecule has 6 rings (SSSR count). The van der Waals surface area contributed by atoms with Crippen molar-refractivity contribution in [1.82, 2.24) is 14.8 Å². The van der Waals surface area contributed by atoms with Crippen molar-refractivity contribution in [2.45, 2.75) is 35.8 Å². The molecule has 12 heteroatoms. The van der Waals surface area contributed by atoms with Crippen LogP contribution in [0.3, 0.4) is 0 Å². The van der Waals surface area contributed by atoms with Crippen LogP contribution < -0.4 is 0 Å². The first-order chi connectivity index (χ1) is 18.6. The summed E-state index contributed by atoms with van der Waals surface area (Å²) in [6.45, 7) is 0. The van der Waals surface area contributed by atoms with E-state index in [1.54, 1.807) is 28.4 Å². The maximum atomic E-state index is 14.0. The lowest BCUT2D eigenvalue weighted by molar-refractivity contribution is 0.0802. The second-order valence-corrected chi connectivity index (χ2v) is 12.8. The predicted octanol–water partition coefficient (Wildman–Crippen LogP) is 5.72. The summed E-state index contributed by atoms with van der Waals surface area (Å²) in [4.78, 5) is 17.5. The summed E-state index contributed by atoms with van der Waals surface area (Å²) in [5, 5.41) is 5.15. The van der Waals surface area contributed by atoms with Gasteiger partial charge in [-0.05, 0) is 73.7 Å². The molecule has 4 aromatic rings. The molecule has 200 valence electrons. The first kappa shape index (κ1) is 25.6. The largest absolute Gasteiger partial charge is 0.290 e. The average Bonchev–Trinajstić information content (AvgIpc) is 3.60. The van der Waals surface area contributed by atoms with Crippen LogP contribution in [0.5, 0.6) is 0 Å². The van der Waals surface area contributed by atoms with Crippen molar-refractivity contribution in [2.75, 3.05) is 0 Å². The Morgan fingerprint density at radius 3 is 2.46 bits per heavy atom. The van der Waals surface area contributed by atoms with Crippen LogP contribution in [0.2, 0.25) is 0 Å². The molecular weight excluding hydrogens is 554 g/mol. The molecule has 0 aliphatic heterocycles. The number of fused-ring (bicyclic) bond motifs is 2. The third-order valence-electron chi connectivity index (χ3n) is 7.47. The number of hydrogen-bond donors (Lipinski definition) is 0. The van der Waals surface area contributed by atoms with Gasteiger partial charge in [-0.25, -0.2) is 35.6 Å². The zero-order valence-electron chi connectivity index (χ0n) is 20.1. The van der Waals surface area contributed by atoms with Crippen LogP contribution in [0.1, 0.15) is 40.3 Å². The molecule has 0 spiro atoms. The van der Waals surface area contributed by atoms with Crippen molar-refractivity contribution >= 4 is 33.0 Å². The van der Waals surface area contributed by atoms with Gasteiger partial charge < -0.3 is 0 Å². The fourth-order valence-electron chi connectivity index (χ4n) is 5.55. The Hall–Kier alpha value is -3.64. The molecule has 2 aromatic heterocycles. The highest BCUT2D eigenvalue weighted by atomic mass is 32.2. The van der Waals surface area contributed by atoms with Crippen molar-refractivity contribution in [3.05, 3.63) is 99.3 Å². The number of hydrogen-bond acceptors (Lipinski definition) is 6. The highest BCUT2D eigenvalue weighted by Crippen LogP contribution is 2.52. The number of benzene rings is 2. The molecule has 2 heterocycles. The van der Waals surface area contributed by atoms with Gasteiger partial charge in [0.2, 0.25) is 5.78 Å². The molecular formula is C27H19F4N3O3S2. The Kier molecular flexibility index (Phi) is 6.07. The van der Waals surface area contributed by atoms with Gasteiger partial charge >= 0.3 is 0 Å². The van der Waals surface area contributed by atoms with E-state index < -0.39 is 48.7 Å². The fraction of sp³-hybridized carbons (Fsp3) is 0.222. The molecule has 2 aromatic carbocycles. The van der Waals surface area contributed by atoms with Crippen LogP contribution in [-0.2, 0) is 16.3 Å². The second-order valence-electron chi connectivity index (χ2n) is 9.65. The highest BCUT2D eigenvalue weighted by molar-refractivity contribution is 7.92. The highest BCUT2D eigenvalue weighted by Gasteiger charge is 2.52. The lowest BCUT2D eigenvalue weighted by atomic mass is 9.62. The van der Waals surface area contributed by atoms with Crippen molar-refractivity contribution < 1.29 is 30.8 Å². The lowest BCUT2D eigenvalue weighted by Crippen LogP contribution is -2.45. The van der Waals surface area contributed by atoms with Crippen molar-refractivity contribution in [2.24, 2.45) is 5.41 Å². The number of carbonyl (C=O) groups excluding carboxylic acids is 1. The summed E-state index contributed by atoms with van der Waals surface area (Å²) in [6.07, 6.45) is 5.17. The molecule has 2 atom stereocenters. The summed E-state index contributed by atoms with van der Waals surface area (Å²) in [5.41, 5.74) is 1.41. The number of Topliss-reactive ketones (excluding diaryl/α,β-unsaturated/α-hetero) is 1. The van der Waals surface area contributed by atoms with Crippen molar-refractivity contribution in [3.8, 4) is 5.69 Å². The summed E-state index contributed by atoms with van der Waals surface area (Å²) in [5.74, 6) is -5.70. The minimum absolute atomic E-state index is 0.0850. The SMILES string of the molecule is O=C(c1nccs1)[C@@]12Cc3cnn(-c4ccc(F)cc4)c3C=C1CC[C@@H](S(=O)(=O)c1cc(F)c(F)c(F)c1)C2. The van der Waals surface area contributed by atoms with E-state index in [2.05, 4.69) is 10.1 Å². The van der Waals surface area contributed by atoms with Crippen molar-refractivity contribution in [3.63, 3.8) is 0 Å². The Morgan fingerprint density at radius 1 is 1.08 bits per heavy atom. The number of allylic oxidation sites excluding steroid dienone is 1. The number of rotatable bonds is 5. The molecule has 2 aliphatic carbocycles. The maximum Gasteiger partial charge on any atom is 0.201 e. The average molecular weight is 574 g/mol. The number of thiazole rings is 1. The number of carbonyl (C=O) groups is 1. The van der Waals surface area contributed by atoms with Crippen LogP contribution in [0.15, 0.2) is 64.6 Å². The van der Waals surface area contributed by atoms with Crippen LogP contribution in [-0.4, -0.2) is 34.2 Å². The van der Waals surface area contributed by atoms with E-state index in [0.717, 1.165) is 11.3 Å². The Labute approximate surface area is 224 Å². The monoisotopic (exact) mass is 573 g/mol. The summed E-state index contributed by atoms with van der Waals surface area (Å²) >= 11 is 1.14. The molecule has 0 bridgehead atoms. The summed E-state index contributed by atoms with van der Waals surface area (Å²) < 4.78 is 83.6. The predicted molar refractivity (Wildman–Crippen MR) is 135 cm³/mol. The van der Waals surface area contributed by atoms with Crippen LogP contribution in [0, 0.1) is 28.7 Å². The van der Waals surface area contributed by atoms with Gasteiger partial charge in [0.1, 0.15) is 5.82 Å². The van der Waals surface area contributed by atoms with Crippen LogP contribution in [0.4, 0.5) is 17.6 Å². The fourth-order valence-corrected chi connectivity index (χ4v) is 8.07. The Bertz CT molecular complexity index is 1730. The third kappa shape index (κ3) is 4.13. The molecule has 0 unspecified atom stereocenters. The smallest absolute Gasteiger partial charge is 0.201 e. The molecule has 1 fully saturated rings. The van der Waals surface area contributed by atoms with Gasteiger partial charge in [-0.2, -0.15) is 5.10 Å². The van der Waals surface area contributed by atoms with Gasteiger partial charge in [0.15, 0.2) is 32.3 Å². The second kappa shape index (κ2) is 9.23. The Morgan fingerprint density at radius 2 is 1.79 bits per heavy atom. The normalized spacial score (nSPS) is 20.7. The van der Waals surface area contributed by atoms with E-state index in [1.807, 2.05) is 6.08 Å². The number of nitrogens with zero attached hydrogens (tertiary/aromatic N) is 3. The number of halogens is 4. The quantitative estimate of drug-likeness (QED) is 0.132. The van der Waals surface area contributed by atoms with Gasteiger partial charge in [0, 0.05) is 11.6 Å². The van der Waals surface area contributed by atoms with Gasteiger partial charge in [0.25, 0.3) is 0 Å². The molecule has 0 N–H and O–H groups in total. The molecule has 39 heavy (non-hydrogen) atoms. The van der Waals surface area contributed by atoms with E-state index in [4.69, 9.17) is 0 Å². The minimum atomic E-state index is -4.33. The standard InChI is InChI=1S/C27H19F4N3O3S2/c28-17-2-4-18(5-3-17)34-23-9-16-1-6-19(39(36,37)20-10-21(29)24(31)22(30)11-20)13-27(16,12-15(23)14-33-34)25(35)26-32-7-8-38-26/h2-5,7-11,14,19H,1,6,12-13H2/t19-,27-/m1/s1. The van der Waals surface area contributed by atoms with E-state index in [-0.39, 0.29) is 36.5 Å². The van der Waals surface area contributed by atoms with Gasteiger partial charge in [0.05, 0.1) is 33.1 Å². The van der Waals surface area contributed by atoms with Crippen molar-refractivity contribution in [1.29, 1.82) is 0 Å². The maximum absolute atomic E-state index is 14.0. The summed E-state index contributed by atoms with van der Waals surface area (Å²) in [7, 11) is -4.33. The van der Waals surface area contributed by atoms with Gasteiger partial charge in [-0.15, -0.1) is 11.3 Å². The molecule has 0 radical (unpaired) electrons. The van der Waals surface area contributed by atoms with E-state index in [9.17, 15) is 30.8 Å². The topological polar surface area (TPSA) is 81.9 Å².